The number of amides is 1. The van der Waals surface area contributed by atoms with Crippen molar-refractivity contribution in [3.05, 3.63) is 64.7 Å². The predicted octanol–water partition coefficient (Wildman–Crippen LogP) is 0.147. The van der Waals surface area contributed by atoms with Gasteiger partial charge in [-0.3, -0.25) is 19.2 Å². The standard InChI is InChI=1S/C19H22N4O5S/c1-20-10-12-21(13-11-20)19(24)15-22(16-6-5-7-17(14-16)23(25)26)29(27,28)18-8-3-2-4-9-18/h2-9,14H,10-13,15H2,1H3/p+1. The zero-order valence-electron chi connectivity index (χ0n) is 16.0. The van der Waals surface area contributed by atoms with E-state index in [0.717, 1.165) is 17.4 Å². The minimum Gasteiger partial charge on any atom is -0.334 e. The van der Waals surface area contributed by atoms with Gasteiger partial charge in [-0.1, -0.05) is 24.3 Å². The number of nitro benzene ring substituents is 1. The van der Waals surface area contributed by atoms with Gasteiger partial charge in [0.1, 0.15) is 6.54 Å². The van der Waals surface area contributed by atoms with Crippen molar-refractivity contribution >= 4 is 27.3 Å². The zero-order chi connectivity index (χ0) is 21.0. The normalized spacial score (nSPS) is 15.1. The van der Waals surface area contributed by atoms with Crippen LogP contribution in [-0.4, -0.2) is 63.9 Å². The summed E-state index contributed by atoms with van der Waals surface area (Å²) in [5.41, 5.74) is -0.164. The Morgan fingerprint density at radius 1 is 1.14 bits per heavy atom. The molecule has 1 heterocycles. The SMILES string of the molecule is C[NH+]1CCN(C(=O)CN(c2cccc([N+](=O)[O-])c2)S(=O)(=O)c2ccccc2)CC1. The average molecular weight is 419 g/mol. The number of piperazine rings is 1. The summed E-state index contributed by atoms with van der Waals surface area (Å²) < 4.78 is 27.5. The number of non-ortho nitro benzene ring substituents is 1. The van der Waals surface area contributed by atoms with E-state index in [0.29, 0.717) is 13.1 Å². The van der Waals surface area contributed by atoms with Gasteiger partial charge in [0.2, 0.25) is 5.91 Å². The number of anilines is 1. The monoisotopic (exact) mass is 419 g/mol. The fourth-order valence-electron chi connectivity index (χ4n) is 3.16. The Morgan fingerprint density at radius 3 is 2.41 bits per heavy atom. The number of carbonyl (C=O) groups excluding carboxylic acids is 1. The van der Waals surface area contributed by atoms with Crippen molar-refractivity contribution in [3.8, 4) is 0 Å². The van der Waals surface area contributed by atoms with Crippen molar-refractivity contribution in [1.29, 1.82) is 0 Å². The van der Waals surface area contributed by atoms with Crippen molar-refractivity contribution in [2.24, 2.45) is 0 Å². The molecule has 0 saturated carbocycles. The number of rotatable bonds is 6. The minimum absolute atomic E-state index is 0.0159. The molecule has 3 rings (SSSR count). The summed E-state index contributed by atoms with van der Waals surface area (Å²) in [7, 11) is -2.04. The van der Waals surface area contributed by atoms with Crippen LogP contribution in [0, 0.1) is 10.1 Å². The van der Waals surface area contributed by atoms with Gasteiger partial charge in [-0.05, 0) is 18.2 Å². The Labute approximate surface area is 169 Å². The van der Waals surface area contributed by atoms with E-state index in [1.54, 1.807) is 23.1 Å². The van der Waals surface area contributed by atoms with Gasteiger partial charge >= 0.3 is 0 Å². The molecule has 0 atom stereocenters. The third-order valence-electron chi connectivity index (χ3n) is 4.91. The summed E-state index contributed by atoms with van der Waals surface area (Å²) in [5.74, 6) is -0.330. The number of hydrogen-bond acceptors (Lipinski definition) is 5. The van der Waals surface area contributed by atoms with E-state index in [-0.39, 0.29) is 22.2 Å². The lowest BCUT2D eigenvalue weighted by molar-refractivity contribution is -0.883. The summed E-state index contributed by atoms with van der Waals surface area (Å²) in [6.07, 6.45) is 0. The Morgan fingerprint density at radius 2 is 1.79 bits per heavy atom. The number of sulfonamides is 1. The van der Waals surface area contributed by atoms with Crippen LogP contribution in [0.2, 0.25) is 0 Å². The first-order valence-corrected chi connectivity index (χ1v) is 10.6. The molecule has 9 nitrogen and oxygen atoms in total. The summed E-state index contributed by atoms with van der Waals surface area (Å²) in [5, 5.41) is 11.2. The molecular weight excluding hydrogens is 396 g/mol. The molecule has 10 heteroatoms. The van der Waals surface area contributed by atoms with Crippen LogP contribution < -0.4 is 9.21 Å². The predicted molar refractivity (Wildman–Crippen MR) is 107 cm³/mol. The van der Waals surface area contributed by atoms with Crippen molar-refractivity contribution < 1.29 is 23.0 Å². The third kappa shape index (κ3) is 4.72. The fourth-order valence-corrected chi connectivity index (χ4v) is 4.58. The summed E-state index contributed by atoms with van der Waals surface area (Å²) in [6.45, 7) is 2.23. The quantitative estimate of drug-likeness (QED) is 0.530. The second-order valence-corrected chi connectivity index (χ2v) is 8.80. The smallest absolute Gasteiger partial charge is 0.271 e. The largest absolute Gasteiger partial charge is 0.334 e. The number of likely N-dealkylation sites (N-methyl/N-ethyl adjacent to an activating group) is 1. The van der Waals surface area contributed by atoms with Crippen molar-refractivity contribution in [2.45, 2.75) is 4.90 Å². The lowest BCUT2D eigenvalue weighted by Gasteiger charge is -2.32. The molecule has 1 N–H and O–H groups in total. The molecule has 0 radical (unpaired) electrons. The van der Waals surface area contributed by atoms with Gasteiger partial charge in [0, 0.05) is 12.1 Å². The van der Waals surface area contributed by atoms with Gasteiger partial charge < -0.3 is 9.80 Å². The second kappa shape index (κ2) is 8.58. The molecule has 154 valence electrons. The van der Waals surface area contributed by atoms with Gasteiger partial charge in [-0.15, -0.1) is 0 Å². The first-order valence-electron chi connectivity index (χ1n) is 9.20. The Bertz CT molecular complexity index is 989. The van der Waals surface area contributed by atoms with Crippen LogP contribution in [0.4, 0.5) is 11.4 Å². The summed E-state index contributed by atoms with van der Waals surface area (Å²) in [4.78, 5) is 26.4. The lowest BCUT2D eigenvalue weighted by Crippen LogP contribution is -3.12. The number of hydrogen-bond donors (Lipinski definition) is 1. The van der Waals surface area contributed by atoms with Crippen LogP contribution in [0.5, 0.6) is 0 Å². The molecule has 0 bridgehead atoms. The van der Waals surface area contributed by atoms with E-state index in [2.05, 4.69) is 0 Å². The Kier molecular flexibility index (Phi) is 6.14. The molecule has 1 amide bonds. The molecule has 0 aromatic heterocycles. The molecule has 1 fully saturated rings. The minimum atomic E-state index is -4.08. The number of nitrogens with one attached hydrogen (secondary N) is 1. The molecule has 29 heavy (non-hydrogen) atoms. The maximum absolute atomic E-state index is 13.3. The van der Waals surface area contributed by atoms with Crippen LogP contribution >= 0.6 is 0 Å². The maximum atomic E-state index is 13.3. The van der Waals surface area contributed by atoms with Gasteiger partial charge in [0.15, 0.2) is 0 Å². The molecule has 2 aromatic carbocycles. The second-order valence-electron chi connectivity index (χ2n) is 6.94. The Hall–Kier alpha value is -2.98. The number of nitro groups is 1. The summed E-state index contributed by atoms with van der Waals surface area (Å²) in [6, 6.07) is 13.0. The fraction of sp³-hybridized carbons (Fsp3) is 0.316. The number of nitrogens with zero attached hydrogens (tertiary/aromatic N) is 3. The third-order valence-corrected chi connectivity index (χ3v) is 6.70. The number of carbonyl (C=O) groups is 1. The molecule has 0 aliphatic carbocycles. The molecule has 2 aromatic rings. The maximum Gasteiger partial charge on any atom is 0.271 e. The van der Waals surface area contributed by atoms with Crippen molar-refractivity contribution in [3.63, 3.8) is 0 Å². The van der Waals surface area contributed by atoms with E-state index in [9.17, 15) is 23.3 Å². The zero-order valence-corrected chi connectivity index (χ0v) is 16.8. The molecular formula is C19H23N4O5S+. The highest BCUT2D eigenvalue weighted by molar-refractivity contribution is 7.92. The highest BCUT2D eigenvalue weighted by Crippen LogP contribution is 2.27. The number of benzene rings is 2. The first kappa shape index (κ1) is 20.7. The topological polar surface area (TPSA) is 105 Å². The van der Waals surface area contributed by atoms with Gasteiger partial charge in [0.05, 0.1) is 48.7 Å². The van der Waals surface area contributed by atoms with Gasteiger partial charge in [-0.25, -0.2) is 8.42 Å². The van der Waals surface area contributed by atoms with E-state index in [1.165, 1.54) is 41.3 Å². The highest BCUT2D eigenvalue weighted by Gasteiger charge is 2.31. The van der Waals surface area contributed by atoms with Gasteiger partial charge in [-0.2, -0.15) is 0 Å². The lowest BCUT2D eigenvalue weighted by atomic mass is 10.2. The molecule has 0 unspecified atom stereocenters. The van der Waals surface area contributed by atoms with Crippen LogP contribution in [0.3, 0.4) is 0 Å². The van der Waals surface area contributed by atoms with Crippen LogP contribution in [-0.2, 0) is 14.8 Å². The van der Waals surface area contributed by atoms with E-state index >= 15 is 0 Å². The number of quaternary nitrogens is 1. The molecule has 1 saturated heterocycles. The van der Waals surface area contributed by atoms with Crippen LogP contribution in [0.15, 0.2) is 59.5 Å². The molecule has 0 spiro atoms. The summed E-state index contributed by atoms with van der Waals surface area (Å²) >= 11 is 0. The van der Waals surface area contributed by atoms with Crippen molar-refractivity contribution in [1.82, 2.24) is 4.90 Å². The molecule has 1 aliphatic heterocycles. The van der Waals surface area contributed by atoms with E-state index in [4.69, 9.17) is 0 Å². The average Bonchev–Trinajstić information content (AvgIpc) is 2.73. The first-order chi connectivity index (χ1) is 13.8. The Balaban J connectivity index is 1.97. The molecule has 1 aliphatic rings. The van der Waals surface area contributed by atoms with Gasteiger partial charge in [0.25, 0.3) is 15.7 Å². The highest BCUT2D eigenvalue weighted by atomic mass is 32.2. The van der Waals surface area contributed by atoms with E-state index in [1.807, 2.05) is 7.05 Å². The van der Waals surface area contributed by atoms with Crippen LogP contribution in [0.25, 0.3) is 0 Å². The van der Waals surface area contributed by atoms with Crippen LogP contribution in [0.1, 0.15) is 0 Å². The van der Waals surface area contributed by atoms with Crippen molar-refractivity contribution in [2.75, 3.05) is 44.1 Å². The van der Waals surface area contributed by atoms with E-state index < -0.39 is 21.5 Å².